The van der Waals surface area contributed by atoms with Gasteiger partial charge in [0.05, 0.1) is 10.5 Å². The van der Waals surface area contributed by atoms with Gasteiger partial charge in [0.1, 0.15) is 11.6 Å². The molecule has 0 aliphatic rings. The van der Waals surface area contributed by atoms with Crippen LogP contribution in [-0.4, -0.2) is 0 Å². The zero-order chi connectivity index (χ0) is 14.2. The fraction of sp³-hybridized carbons (Fsp3) is 0.0769. The fourth-order valence-electron chi connectivity index (χ4n) is 1.70. The Kier molecular flexibility index (Phi) is 4.61. The number of benzene rings is 2. The molecule has 100 valence electrons. The Morgan fingerprint density at radius 1 is 1.00 bits per heavy atom. The van der Waals surface area contributed by atoms with E-state index in [-0.39, 0.29) is 10.0 Å². The first kappa shape index (κ1) is 14.9. The molecule has 0 heterocycles. The van der Waals surface area contributed by atoms with Gasteiger partial charge in [-0.05, 0) is 51.8 Å². The topological polar surface area (TPSA) is 26.0 Å². The molecule has 0 aliphatic heterocycles. The molecule has 1 unspecified atom stereocenters. The molecule has 2 N–H and O–H groups in total. The van der Waals surface area contributed by atoms with Gasteiger partial charge in [-0.1, -0.05) is 27.5 Å². The summed E-state index contributed by atoms with van der Waals surface area (Å²) in [5.41, 5.74) is 6.56. The van der Waals surface area contributed by atoms with Gasteiger partial charge in [-0.2, -0.15) is 0 Å². The molecule has 0 amide bonds. The zero-order valence-corrected chi connectivity index (χ0v) is 13.4. The number of nitrogens with two attached hydrogens (primary N) is 1. The molecule has 19 heavy (non-hydrogen) atoms. The quantitative estimate of drug-likeness (QED) is 0.676. The first-order valence-corrected chi connectivity index (χ1v) is 7.21. The fourth-order valence-corrected chi connectivity index (χ4v) is 2.63. The lowest BCUT2D eigenvalue weighted by atomic mass is 9.99. The molecule has 2 aromatic rings. The highest BCUT2D eigenvalue weighted by Gasteiger charge is 2.19. The highest BCUT2D eigenvalue weighted by atomic mass is 79.9. The predicted octanol–water partition coefficient (Wildman–Crippen LogP) is 5.19. The van der Waals surface area contributed by atoms with Gasteiger partial charge in [0.15, 0.2) is 0 Å². The van der Waals surface area contributed by atoms with E-state index in [1.807, 2.05) is 0 Å². The molecule has 6 heteroatoms. The standard InChI is InChI=1S/C13H8Br2ClF2N/c14-6-1-2-10(16)7(3-6)13(19)8-4-12(18)9(15)5-11(8)17/h1-5,13H,19H2. The van der Waals surface area contributed by atoms with Crippen LogP contribution in [0.25, 0.3) is 0 Å². The SMILES string of the molecule is NC(c1cc(F)c(Br)cc1F)c1cc(Br)ccc1Cl. The Hall–Kier alpha value is -0.490. The van der Waals surface area contributed by atoms with E-state index in [4.69, 9.17) is 17.3 Å². The van der Waals surface area contributed by atoms with Gasteiger partial charge in [0.2, 0.25) is 0 Å². The summed E-state index contributed by atoms with van der Waals surface area (Å²) in [6.07, 6.45) is 0. The van der Waals surface area contributed by atoms with E-state index in [0.29, 0.717) is 10.6 Å². The van der Waals surface area contributed by atoms with Crippen molar-refractivity contribution in [3.8, 4) is 0 Å². The van der Waals surface area contributed by atoms with Crippen molar-refractivity contribution in [3.05, 3.63) is 67.1 Å². The Morgan fingerprint density at radius 3 is 2.37 bits per heavy atom. The maximum Gasteiger partial charge on any atom is 0.137 e. The minimum absolute atomic E-state index is 0.0562. The number of hydrogen-bond acceptors (Lipinski definition) is 1. The van der Waals surface area contributed by atoms with E-state index < -0.39 is 17.7 Å². The predicted molar refractivity (Wildman–Crippen MR) is 79.2 cm³/mol. The van der Waals surface area contributed by atoms with Crippen LogP contribution < -0.4 is 5.73 Å². The smallest absolute Gasteiger partial charge is 0.137 e. The van der Waals surface area contributed by atoms with E-state index in [1.54, 1.807) is 18.2 Å². The Morgan fingerprint density at radius 2 is 1.68 bits per heavy atom. The molecule has 1 atom stereocenters. The second-order valence-electron chi connectivity index (χ2n) is 3.93. The molecule has 0 aromatic heterocycles. The van der Waals surface area contributed by atoms with Crippen molar-refractivity contribution in [2.45, 2.75) is 6.04 Å². The summed E-state index contributed by atoms with van der Waals surface area (Å²) in [7, 11) is 0. The summed E-state index contributed by atoms with van der Waals surface area (Å²) in [5, 5.41) is 0.401. The maximum atomic E-state index is 13.9. The van der Waals surface area contributed by atoms with Crippen LogP contribution in [0, 0.1) is 11.6 Å². The minimum atomic E-state index is -0.840. The summed E-state index contributed by atoms with van der Waals surface area (Å²) in [5.74, 6) is -1.16. The molecule has 0 saturated heterocycles. The first-order chi connectivity index (χ1) is 8.90. The van der Waals surface area contributed by atoms with Gasteiger partial charge < -0.3 is 5.73 Å². The summed E-state index contributed by atoms with van der Waals surface area (Å²) in [6.45, 7) is 0. The summed E-state index contributed by atoms with van der Waals surface area (Å²) >= 11 is 12.3. The van der Waals surface area contributed by atoms with Gasteiger partial charge in [-0.3, -0.25) is 0 Å². The van der Waals surface area contributed by atoms with E-state index >= 15 is 0 Å². The van der Waals surface area contributed by atoms with Crippen LogP contribution in [-0.2, 0) is 0 Å². The van der Waals surface area contributed by atoms with Gasteiger partial charge in [-0.25, -0.2) is 8.78 Å². The van der Waals surface area contributed by atoms with E-state index in [0.717, 1.165) is 16.6 Å². The van der Waals surface area contributed by atoms with Gasteiger partial charge in [0, 0.05) is 15.1 Å². The molecule has 2 rings (SSSR count). The lowest BCUT2D eigenvalue weighted by molar-refractivity contribution is 0.572. The molecule has 0 fully saturated rings. The second-order valence-corrected chi connectivity index (χ2v) is 6.11. The molecular weight excluding hydrogens is 403 g/mol. The second kappa shape index (κ2) is 5.87. The Bertz CT molecular complexity index is 634. The minimum Gasteiger partial charge on any atom is -0.320 e. The normalized spacial score (nSPS) is 12.5. The number of halogens is 5. The third kappa shape index (κ3) is 3.16. The van der Waals surface area contributed by atoms with Gasteiger partial charge in [-0.15, -0.1) is 0 Å². The number of rotatable bonds is 2. The van der Waals surface area contributed by atoms with Crippen molar-refractivity contribution in [1.82, 2.24) is 0 Å². The van der Waals surface area contributed by atoms with Crippen molar-refractivity contribution >= 4 is 43.5 Å². The van der Waals surface area contributed by atoms with Crippen LogP contribution in [0.5, 0.6) is 0 Å². The van der Waals surface area contributed by atoms with Crippen molar-refractivity contribution in [2.24, 2.45) is 5.73 Å². The van der Waals surface area contributed by atoms with Crippen molar-refractivity contribution in [2.75, 3.05) is 0 Å². The average Bonchev–Trinajstić information content (AvgIpc) is 2.36. The molecule has 2 aromatic carbocycles. The molecule has 0 aliphatic carbocycles. The van der Waals surface area contributed by atoms with E-state index in [2.05, 4.69) is 31.9 Å². The van der Waals surface area contributed by atoms with Gasteiger partial charge in [0.25, 0.3) is 0 Å². The lowest BCUT2D eigenvalue weighted by Crippen LogP contribution is -2.14. The highest BCUT2D eigenvalue weighted by Crippen LogP contribution is 2.32. The highest BCUT2D eigenvalue weighted by molar-refractivity contribution is 9.10. The lowest BCUT2D eigenvalue weighted by Gasteiger charge is -2.16. The van der Waals surface area contributed by atoms with Crippen molar-refractivity contribution in [1.29, 1.82) is 0 Å². The van der Waals surface area contributed by atoms with E-state index in [9.17, 15) is 8.78 Å². The molecule has 0 saturated carbocycles. The van der Waals surface area contributed by atoms with Crippen LogP contribution in [0.3, 0.4) is 0 Å². The van der Waals surface area contributed by atoms with Gasteiger partial charge >= 0.3 is 0 Å². The summed E-state index contributed by atoms with van der Waals surface area (Å²) in [6, 6.07) is 6.36. The van der Waals surface area contributed by atoms with Crippen molar-refractivity contribution < 1.29 is 8.78 Å². The Labute approximate surface area is 131 Å². The summed E-state index contributed by atoms with van der Waals surface area (Å²) < 4.78 is 28.2. The zero-order valence-electron chi connectivity index (χ0n) is 9.43. The molecule has 0 radical (unpaired) electrons. The Balaban J connectivity index is 2.52. The third-order valence-corrected chi connectivity index (χ3v) is 4.11. The maximum absolute atomic E-state index is 13.9. The van der Waals surface area contributed by atoms with Crippen LogP contribution in [0.1, 0.15) is 17.2 Å². The van der Waals surface area contributed by atoms with E-state index in [1.165, 1.54) is 0 Å². The molecule has 0 spiro atoms. The van der Waals surface area contributed by atoms with Crippen LogP contribution >= 0.6 is 43.5 Å². The monoisotopic (exact) mass is 409 g/mol. The van der Waals surface area contributed by atoms with Crippen LogP contribution in [0.2, 0.25) is 5.02 Å². The van der Waals surface area contributed by atoms with Crippen LogP contribution in [0.4, 0.5) is 8.78 Å². The first-order valence-electron chi connectivity index (χ1n) is 5.25. The van der Waals surface area contributed by atoms with Crippen molar-refractivity contribution in [3.63, 3.8) is 0 Å². The molecule has 0 bridgehead atoms. The van der Waals surface area contributed by atoms with Crippen LogP contribution in [0.15, 0.2) is 39.3 Å². The largest absolute Gasteiger partial charge is 0.320 e. The number of hydrogen-bond donors (Lipinski definition) is 1. The molecular formula is C13H8Br2ClF2N. The third-order valence-electron chi connectivity index (χ3n) is 2.67. The molecule has 1 nitrogen and oxygen atoms in total. The summed E-state index contributed by atoms with van der Waals surface area (Å²) in [4.78, 5) is 0. The average molecular weight is 411 g/mol.